The summed E-state index contributed by atoms with van der Waals surface area (Å²) in [6.45, 7) is 3.49. The number of benzene rings is 1. The molecule has 0 aliphatic heterocycles. The van der Waals surface area contributed by atoms with E-state index >= 15 is 0 Å². The fourth-order valence-electron chi connectivity index (χ4n) is 2.03. The van der Waals surface area contributed by atoms with Gasteiger partial charge in [-0.2, -0.15) is 0 Å². The Morgan fingerprint density at radius 3 is 2.67 bits per heavy atom. The van der Waals surface area contributed by atoms with E-state index in [-0.39, 0.29) is 11.5 Å². The highest BCUT2D eigenvalue weighted by Gasteiger charge is 2.19. The minimum Gasteiger partial charge on any atom is -0.392 e. The molecule has 0 spiro atoms. The van der Waals surface area contributed by atoms with E-state index in [9.17, 15) is 13.5 Å². The zero-order valence-electron chi connectivity index (χ0n) is 12.0. The average molecular weight is 306 g/mol. The Labute approximate surface area is 124 Å². The number of rotatable bonds is 5. The molecule has 0 saturated heterocycles. The van der Waals surface area contributed by atoms with Gasteiger partial charge in [0.25, 0.3) is 10.0 Å². The molecule has 21 heavy (non-hydrogen) atoms. The Morgan fingerprint density at radius 2 is 2.05 bits per heavy atom. The van der Waals surface area contributed by atoms with Crippen LogP contribution in [0, 0.1) is 6.92 Å². The zero-order valence-corrected chi connectivity index (χ0v) is 12.8. The van der Waals surface area contributed by atoms with Gasteiger partial charge in [0.2, 0.25) is 0 Å². The van der Waals surface area contributed by atoms with Crippen LogP contribution in [-0.2, 0) is 23.1 Å². The second-order valence-corrected chi connectivity index (χ2v) is 6.40. The van der Waals surface area contributed by atoms with Gasteiger partial charge in [0.05, 0.1) is 17.2 Å². The summed E-state index contributed by atoms with van der Waals surface area (Å²) in [6, 6.07) is 6.60. The maximum absolute atomic E-state index is 12.6. The Balaban J connectivity index is 2.46. The molecule has 0 bridgehead atoms. The minimum atomic E-state index is -3.70. The molecular weight excluding hydrogens is 288 g/mol. The molecular formula is C15H18N2O3S. The van der Waals surface area contributed by atoms with E-state index in [1.807, 2.05) is 6.92 Å². The molecule has 1 heterocycles. The van der Waals surface area contributed by atoms with Gasteiger partial charge in [-0.3, -0.25) is 9.71 Å². The summed E-state index contributed by atoms with van der Waals surface area (Å²) in [6.07, 6.45) is 3.73. The van der Waals surface area contributed by atoms with Gasteiger partial charge < -0.3 is 5.11 Å². The number of aryl methyl sites for hydroxylation is 2. The lowest BCUT2D eigenvalue weighted by molar-refractivity contribution is 0.281. The average Bonchev–Trinajstić information content (AvgIpc) is 2.48. The van der Waals surface area contributed by atoms with Crippen LogP contribution in [-0.4, -0.2) is 18.5 Å². The van der Waals surface area contributed by atoms with Crippen molar-refractivity contribution in [2.45, 2.75) is 31.8 Å². The summed E-state index contributed by atoms with van der Waals surface area (Å²) in [5, 5.41) is 9.20. The summed E-state index contributed by atoms with van der Waals surface area (Å²) in [5.41, 5.74) is 2.53. The minimum absolute atomic E-state index is 0.194. The number of nitrogens with zero attached hydrogens (tertiary/aromatic N) is 1. The van der Waals surface area contributed by atoms with E-state index in [1.54, 1.807) is 31.3 Å². The molecule has 0 aliphatic rings. The van der Waals surface area contributed by atoms with E-state index in [0.29, 0.717) is 23.2 Å². The number of hydrogen-bond acceptors (Lipinski definition) is 4. The predicted octanol–water partition coefficient (Wildman–Crippen LogP) is 2.25. The Bertz CT molecular complexity index is 742. The highest BCUT2D eigenvalue weighted by molar-refractivity contribution is 7.92. The van der Waals surface area contributed by atoms with Crippen LogP contribution in [0.1, 0.15) is 23.6 Å². The van der Waals surface area contributed by atoms with Crippen LogP contribution in [0.3, 0.4) is 0 Å². The van der Waals surface area contributed by atoms with Crippen LogP contribution in [0.15, 0.2) is 41.6 Å². The van der Waals surface area contributed by atoms with Crippen molar-refractivity contribution in [3.8, 4) is 0 Å². The highest BCUT2D eigenvalue weighted by Crippen LogP contribution is 2.23. The second kappa shape index (κ2) is 6.24. The molecule has 1 aromatic carbocycles. The lowest BCUT2D eigenvalue weighted by Gasteiger charge is -2.13. The maximum Gasteiger partial charge on any atom is 0.262 e. The van der Waals surface area contributed by atoms with Crippen LogP contribution in [0.4, 0.5) is 5.69 Å². The molecule has 0 saturated carbocycles. The molecule has 2 aromatic rings. The Hall–Kier alpha value is -1.92. The van der Waals surface area contributed by atoms with Crippen LogP contribution in [0.2, 0.25) is 0 Å². The van der Waals surface area contributed by atoms with E-state index < -0.39 is 10.0 Å². The van der Waals surface area contributed by atoms with Crippen molar-refractivity contribution in [3.63, 3.8) is 0 Å². The number of aliphatic hydroxyl groups excluding tert-OH is 1. The predicted molar refractivity (Wildman–Crippen MR) is 81.5 cm³/mol. The first kappa shape index (κ1) is 15.5. The van der Waals surface area contributed by atoms with Gasteiger partial charge >= 0.3 is 0 Å². The molecule has 0 atom stereocenters. The number of hydrogen-bond donors (Lipinski definition) is 2. The summed E-state index contributed by atoms with van der Waals surface area (Å²) in [5.74, 6) is 0. The number of pyridine rings is 1. The van der Waals surface area contributed by atoms with Gasteiger partial charge in [-0.15, -0.1) is 0 Å². The molecule has 2 rings (SSSR count). The SMILES string of the molecule is CCc1ccc(CO)cc1S(=O)(=O)Nc1ccncc1C. The standard InChI is InChI=1S/C15H18N2O3S/c1-3-13-5-4-12(10-18)8-15(13)21(19,20)17-14-6-7-16-9-11(14)2/h4-9,18H,3,10H2,1-2H3,(H,16,17). The molecule has 112 valence electrons. The molecule has 2 N–H and O–H groups in total. The normalized spacial score (nSPS) is 11.4. The molecule has 0 aliphatic carbocycles. The lowest BCUT2D eigenvalue weighted by Crippen LogP contribution is -2.16. The number of aromatic nitrogens is 1. The van der Waals surface area contributed by atoms with Crippen LogP contribution in [0.5, 0.6) is 0 Å². The fourth-order valence-corrected chi connectivity index (χ4v) is 3.52. The summed E-state index contributed by atoms with van der Waals surface area (Å²) in [7, 11) is -3.70. The van der Waals surface area contributed by atoms with Crippen molar-refractivity contribution in [2.24, 2.45) is 0 Å². The Kier molecular flexibility index (Phi) is 4.59. The smallest absolute Gasteiger partial charge is 0.262 e. The molecule has 0 radical (unpaired) electrons. The first-order valence-corrected chi connectivity index (χ1v) is 8.12. The zero-order chi connectivity index (χ0) is 15.5. The van der Waals surface area contributed by atoms with Crippen LogP contribution in [0.25, 0.3) is 0 Å². The van der Waals surface area contributed by atoms with Gasteiger partial charge in [-0.05, 0) is 42.2 Å². The fraction of sp³-hybridized carbons (Fsp3) is 0.267. The lowest BCUT2D eigenvalue weighted by atomic mass is 10.1. The van der Waals surface area contributed by atoms with Crippen LogP contribution < -0.4 is 4.72 Å². The molecule has 6 heteroatoms. The number of nitrogens with one attached hydrogen (secondary N) is 1. The molecule has 0 fully saturated rings. The summed E-state index contributed by atoms with van der Waals surface area (Å²) >= 11 is 0. The van der Waals surface area contributed by atoms with Gasteiger partial charge in [0.15, 0.2) is 0 Å². The first-order valence-electron chi connectivity index (χ1n) is 6.64. The third-order valence-corrected chi connectivity index (χ3v) is 4.70. The topological polar surface area (TPSA) is 79.3 Å². The quantitative estimate of drug-likeness (QED) is 0.888. The van der Waals surface area contributed by atoms with Gasteiger partial charge in [-0.25, -0.2) is 8.42 Å². The highest BCUT2D eigenvalue weighted by atomic mass is 32.2. The third kappa shape index (κ3) is 3.40. The maximum atomic E-state index is 12.6. The van der Waals surface area contributed by atoms with Crippen molar-refractivity contribution in [2.75, 3.05) is 4.72 Å². The second-order valence-electron chi connectivity index (χ2n) is 4.75. The van der Waals surface area contributed by atoms with E-state index in [2.05, 4.69) is 9.71 Å². The van der Waals surface area contributed by atoms with Gasteiger partial charge in [-0.1, -0.05) is 19.1 Å². The number of aliphatic hydroxyl groups is 1. The largest absolute Gasteiger partial charge is 0.392 e. The molecule has 5 nitrogen and oxygen atoms in total. The van der Waals surface area contributed by atoms with E-state index in [4.69, 9.17) is 0 Å². The van der Waals surface area contributed by atoms with Crippen molar-refractivity contribution >= 4 is 15.7 Å². The van der Waals surface area contributed by atoms with Gasteiger partial charge in [0.1, 0.15) is 0 Å². The molecule has 1 aromatic heterocycles. The number of anilines is 1. The van der Waals surface area contributed by atoms with Gasteiger partial charge in [0, 0.05) is 12.4 Å². The van der Waals surface area contributed by atoms with E-state index in [1.165, 1.54) is 12.3 Å². The van der Waals surface area contributed by atoms with Crippen molar-refractivity contribution in [1.29, 1.82) is 0 Å². The summed E-state index contributed by atoms with van der Waals surface area (Å²) in [4.78, 5) is 4.14. The van der Waals surface area contributed by atoms with Crippen LogP contribution >= 0.6 is 0 Å². The number of sulfonamides is 1. The van der Waals surface area contributed by atoms with Crippen molar-refractivity contribution in [3.05, 3.63) is 53.3 Å². The van der Waals surface area contributed by atoms with Crippen molar-refractivity contribution in [1.82, 2.24) is 4.98 Å². The van der Waals surface area contributed by atoms with Crippen molar-refractivity contribution < 1.29 is 13.5 Å². The monoisotopic (exact) mass is 306 g/mol. The summed E-state index contributed by atoms with van der Waals surface area (Å²) < 4.78 is 27.8. The third-order valence-electron chi connectivity index (χ3n) is 3.25. The Morgan fingerprint density at radius 1 is 1.29 bits per heavy atom. The van der Waals surface area contributed by atoms with E-state index in [0.717, 1.165) is 5.56 Å². The molecule has 0 unspecified atom stereocenters. The first-order chi connectivity index (χ1) is 9.97. The molecule has 0 amide bonds.